The highest BCUT2D eigenvalue weighted by atomic mass is 16.3. The summed E-state index contributed by atoms with van der Waals surface area (Å²) in [6.07, 6.45) is 6.14. The van der Waals surface area contributed by atoms with Crippen molar-refractivity contribution in [2.24, 2.45) is 11.3 Å². The van der Waals surface area contributed by atoms with Gasteiger partial charge in [0.05, 0.1) is 0 Å². The molecule has 0 bridgehead atoms. The molecule has 0 atom stereocenters. The van der Waals surface area contributed by atoms with Gasteiger partial charge in [0.2, 0.25) is 0 Å². The van der Waals surface area contributed by atoms with E-state index in [0.717, 1.165) is 12.1 Å². The number of phenols is 1. The summed E-state index contributed by atoms with van der Waals surface area (Å²) in [5, 5.41) is 12.8. The summed E-state index contributed by atoms with van der Waals surface area (Å²) in [5.41, 5.74) is 1.60. The number of benzene rings is 1. The Hall–Kier alpha value is -1.51. The first-order valence-electron chi connectivity index (χ1n) is 8.00. The first-order chi connectivity index (χ1) is 9.92. The molecule has 21 heavy (non-hydrogen) atoms. The molecule has 1 aromatic carbocycles. The van der Waals surface area contributed by atoms with Crippen LogP contribution in [0.1, 0.15) is 61.9 Å². The Labute approximate surface area is 127 Å². The molecule has 1 amide bonds. The van der Waals surface area contributed by atoms with Crippen LogP contribution in [-0.2, 0) is 0 Å². The molecule has 0 unspecified atom stereocenters. The largest absolute Gasteiger partial charge is 0.508 e. The third kappa shape index (κ3) is 3.99. The molecule has 1 fully saturated rings. The Morgan fingerprint density at radius 1 is 1.33 bits per heavy atom. The fraction of sp³-hybridized carbons (Fsp3) is 0.611. The summed E-state index contributed by atoms with van der Waals surface area (Å²) in [6.45, 7) is 7.08. The van der Waals surface area contributed by atoms with Crippen LogP contribution in [0.25, 0.3) is 0 Å². The number of hydrogen-bond acceptors (Lipinski definition) is 2. The van der Waals surface area contributed by atoms with Gasteiger partial charge in [-0.3, -0.25) is 4.79 Å². The lowest BCUT2D eigenvalue weighted by molar-refractivity contribution is 0.0921. The quantitative estimate of drug-likeness (QED) is 0.859. The van der Waals surface area contributed by atoms with E-state index in [1.54, 1.807) is 18.2 Å². The van der Waals surface area contributed by atoms with Crippen molar-refractivity contribution < 1.29 is 9.90 Å². The van der Waals surface area contributed by atoms with Gasteiger partial charge in [0, 0.05) is 12.1 Å². The van der Waals surface area contributed by atoms with Gasteiger partial charge < -0.3 is 10.4 Å². The van der Waals surface area contributed by atoms with Gasteiger partial charge in [-0.1, -0.05) is 32.8 Å². The maximum absolute atomic E-state index is 12.3. The van der Waals surface area contributed by atoms with Crippen LogP contribution >= 0.6 is 0 Å². The molecule has 1 aliphatic carbocycles. The van der Waals surface area contributed by atoms with Gasteiger partial charge in [0.25, 0.3) is 5.91 Å². The van der Waals surface area contributed by atoms with Crippen molar-refractivity contribution in [2.75, 3.05) is 6.54 Å². The molecule has 2 N–H and O–H groups in total. The zero-order chi connectivity index (χ0) is 15.5. The van der Waals surface area contributed by atoms with Gasteiger partial charge in [-0.2, -0.15) is 0 Å². The van der Waals surface area contributed by atoms with Crippen molar-refractivity contribution in [2.45, 2.75) is 52.9 Å². The number of amides is 1. The van der Waals surface area contributed by atoms with Crippen LogP contribution in [0.5, 0.6) is 5.75 Å². The van der Waals surface area contributed by atoms with Crippen LogP contribution in [0.2, 0.25) is 0 Å². The highest BCUT2D eigenvalue weighted by Crippen LogP contribution is 2.42. The predicted octanol–water partition coefficient (Wildman–Crippen LogP) is 4.04. The topological polar surface area (TPSA) is 49.3 Å². The minimum absolute atomic E-state index is 0.0830. The Bertz CT molecular complexity index is 502. The summed E-state index contributed by atoms with van der Waals surface area (Å²) in [7, 11) is 0. The van der Waals surface area contributed by atoms with Crippen LogP contribution in [-0.4, -0.2) is 17.6 Å². The van der Waals surface area contributed by atoms with E-state index in [2.05, 4.69) is 19.2 Å². The summed E-state index contributed by atoms with van der Waals surface area (Å²) < 4.78 is 0. The number of aromatic hydroxyl groups is 1. The smallest absolute Gasteiger partial charge is 0.251 e. The van der Waals surface area contributed by atoms with Gasteiger partial charge >= 0.3 is 0 Å². The van der Waals surface area contributed by atoms with E-state index in [9.17, 15) is 9.90 Å². The lowest BCUT2D eigenvalue weighted by Crippen LogP contribution is -2.36. The van der Waals surface area contributed by atoms with Crippen LogP contribution in [0.15, 0.2) is 18.2 Å². The van der Waals surface area contributed by atoms with Crippen molar-refractivity contribution in [1.82, 2.24) is 5.32 Å². The van der Waals surface area contributed by atoms with Crippen LogP contribution in [0.4, 0.5) is 0 Å². The standard InChI is InChI=1S/C18H27NO2/c1-13(2)11-18(8-4-5-9-18)12-19-17(21)15-7-6-14(3)16(20)10-15/h6-7,10,13,20H,4-5,8-9,11-12H2,1-3H3,(H,19,21). The zero-order valence-corrected chi connectivity index (χ0v) is 13.4. The fourth-order valence-electron chi connectivity index (χ4n) is 3.56. The summed E-state index contributed by atoms with van der Waals surface area (Å²) in [5.74, 6) is 0.754. The highest BCUT2D eigenvalue weighted by molar-refractivity contribution is 5.94. The Morgan fingerprint density at radius 2 is 2.00 bits per heavy atom. The van der Waals surface area contributed by atoms with Crippen LogP contribution in [0, 0.1) is 18.3 Å². The van der Waals surface area contributed by atoms with E-state index in [0.29, 0.717) is 11.5 Å². The molecule has 0 radical (unpaired) electrons. The van der Waals surface area contributed by atoms with E-state index in [-0.39, 0.29) is 17.1 Å². The van der Waals surface area contributed by atoms with Gasteiger partial charge in [0.15, 0.2) is 0 Å². The molecule has 116 valence electrons. The van der Waals surface area contributed by atoms with E-state index >= 15 is 0 Å². The van der Waals surface area contributed by atoms with Crippen LogP contribution < -0.4 is 5.32 Å². The van der Waals surface area contributed by atoms with E-state index in [1.165, 1.54) is 32.1 Å². The molecule has 0 saturated heterocycles. The maximum Gasteiger partial charge on any atom is 0.251 e. The number of rotatable bonds is 5. The zero-order valence-electron chi connectivity index (χ0n) is 13.4. The van der Waals surface area contributed by atoms with Crippen molar-refractivity contribution in [3.05, 3.63) is 29.3 Å². The molecule has 3 heteroatoms. The van der Waals surface area contributed by atoms with E-state index in [4.69, 9.17) is 0 Å². The number of carbonyl (C=O) groups is 1. The monoisotopic (exact) mass is 289 g/mol. The Balaban J connectivity index is 2.00. The lowest BCUT2D eigenvalue weighted by atomic mass is 9.78. The number of phenolic OH excluding ortho intramolecular Hbond substituents is 1. The minimum atomic E-state index is -0.0830. The molecule has 0 spiro atoms. The number of nitrogens with one attached hydrogen (secondary N) is 1. The average Bonchev–Trinajstić information content (AvgIpc) is 2.87. The molecule has 0 aliphatic heterocycles. The van der Waals surface area contributed by atoms with E-state index < -0.39 is 0 Å². The first-order valence-corrected chi connectivity index (χ1v) is 8.00. The maximum atomic E-state index is 12.3. The van der Waals surface area contributed by atoms with E-state index in [1.807, 2.05) is 6.92 Å². The lowest BCUT2D eigenvalue weighted by Gasteiger charge is -2.31. The van der Waals surface area contributed by atoms with Crippen molar-refractivity contribution in [3.8, 4) is 5.75 Å². The summed E-state index contributed by atoms with van der Waals surface area (Å²) in [4.78, 5) is 12.3. The summed E-state index contributed by atoms with van der Waals surface area (Å²) in [6, 6.07) is 5.10. The van der Waals surface area contributed by atoms with Crippen molar-refractivity contribution in [1.29, 1.82) is 0 Å². The Kier molecular flexibility index (Phi) is 4.92. The second-order valence-electron chi connectivity index (χ2n) is 6.99. The molecule has 2 rings (SSSR count). The molecular formula is C18H27NO2. The van der Waals surface area contributed by atoms with Crippen molar-refractivity contribution in [3.63, 3.8) is 0 Å². The number of carbonyl (C=O) groups excluding carboxylic acids is 1. The average molecular weight is 289 g/mol. The van der Waals surface area contributed by atoms with Crippen LogP contribution in [0.3, 0.4) is 0 Å². The predicted molar refractivity (Wildman–Crippen MR) is 85.5 cm³/mol. The summed E-state index contributed by atoms with van der Waals surface area (Å²) >= 11 is 0. The van der Waals surface area contributed by atoms with Gasteiger partial charge in [-0.05, 0) is 55.2 Å². The highest BCUT2D eigenvalue weighted by Gasteiger charge is 2.34. The van der Waals surface area contributed by atoms with Gasteiger partial charge in [0.1, 0.15) is 5.75 Å². The molecule has 1 aromatic rings. The first kappa shape index (κ1) is 15.9. The van der Waals surface area contributed by atoms with Gasteiger partial charge in [-0.15, -0.1) is 0 Å². The van der Waals surface area contributed by atoms with Gasteiger partial charge in [-0.25, -0.2) is 0 Å². The number of aryl methyl sites for hydroxylation is 1. The molecule has 0 aromatic heterocycles. The molecule has 1 aliphatic rings. The second-order valence-corrected chi connectivity index (χ2v) is 6.99. The molecule has 1 saturated carbocycles. The minimum Gasteiger partial charge on any atom is -0.508 e. The third-order valence-electron chi connectivity index (χ3n) is 4.60. The molecule has 3 nitrogen and oxygen atoms in total. The second kappa shape index (κ2) is 6.50. The fourth-order valence-corrected chi connectivity index (χ4v) is 3.56. The third-order valence-corrected chi connectivity index (χ3v) is 4.60. The Morgan fingerprint density at radius 3 is 2.57 bits per heavy atom. The molecular weight excluding hydrogens is 262 g/mol. The number of hydrogen-bond donors (Lipinski definition) is 2. The van der Waals surface area contributed by atoms with Crippen molar-refractivity contribution >= 4 is 5.91 Å². The SMILES string of the molecule is Cc1ccc(C(=O)NCC2(CC(C)C)CCCC2)cc1O. The normalized spacial score (nSPS) is 17.1. The molecule has 0 heterocycles.